The summed E-state index contributed by atoms with van der Waals surface area (Å²) in [5.41, 5.74) is -0.534. The molecule has 6 heteroatoms. The smallest absolute Gasteiger partial charge is 0.201 e. The van der Waals surface area contributed by atoms with Crippen LogP contribution < -0.4 is 4.74 Å². The summed E-state index contributed by atoms with van der Waals surface area (Å²) in [4.78, 5) is 12.0. The number of rotatable bonds is 5. The Balaban J connectivity index is 1.29. The van der Waals surface area contributed by atoms with Crippen molar-refractivity contribution in [2.24, 2.45) is 23.7 Å². The summed E-state index contributed by atoms with van der Waals surface area (Å²) in [7, 11) is 0. The quantitative estimate of drug-likeness (QED) is 0.539. The van der Waals surface area contributed by atoms with Gasteiger partial charge in [-0.05, 0) is 50.2 Å². The van der Waals surface area contributed by atoms with Crippen LogP contribution in [-0.4, -0.2) is 37.2 Å². The van der Waals surface area contributed by atoms with E-state index in [1.807, 2.05) is 37.3 Å². The van der Waals surface area contributed by atoms with E-state index in [1.165, 1.54) is 6.42 Å². The lowest BCUT2D eigenvalue weighted by Crippen LogP contribution is -2.70. The Morgan fingerprint density at radius 3 is 2.66 bits per heavy atom. The van der Waals surface area contributed by atoms with E-state index in [4.69, 9.17) is 28.7 Å². The molecular formula is C23H32O6. The molecule has 8 atom stereocenters. The first-order chi connectivity index (χ1) is 14.0. The molecule has 4 saturated heterocycles. The normalized spacial score (nSPS) is 46.0. The van der Waals surface area contributed by atoms with Gasteiger partial charge in [0.15, 0.2) is 18.2 Å². The molecule has 0 N–H and O–H groups in total. The number of ether oxygens (including phenoxy) is 4. The third-order valence-electron chi connectivity index (χ3n) is 7.47. The summed E-state index contributed by atoms with van der Waals surface area (Å²) < 4.78 is 24.7. The molecule has 5 fully saturated rings. The van der Waals surface area contributed by atoms with Crippen LogP contribution in [0.1, 0.15) is 46.5 Å². The Morgan fingerprint density at radius 2 is 1.83 bits per heavy atom. The van der Waals surface area contributed by atoms with E-state index in [0.717, 1.165) is 25.0 Å². The van der Waals surface area contributed by atoms with Gasteiger partial charge in [-0.1, -0.05) is 32.0 Å². The molecule has 160 valence electrons. The molecule has 1 aromatic carbocycles. The first-order valence-corrected chi connectivity index (χ1v) is 11.0. The van der Waals surface area contributed by atoms with Crippen LogP contribution in [0.5, 0.6) is 5.75 Å². The van der Waals surface area contributed by atoms with Crippen molar-refractivity contribution in [2.45, 2.75) is 70.4 Å². The second-order valence-electron chi connectivity index (χ2n) is 9.31. The first kappa shape index (κ1) is 19.8. The van der Waals surface area contributed by atoms with Crippen molar-refractivity contribution in [1.82, 2.24) is 0 Å². The summed E-state index contributed by atoms with van der Waals surface area (Å²) in [6.07, 6.45) is 3.33. The predicted molar refractivity (Wildman–Crippen MR) is 105 cm³/mol. The molecular weight excluding hydrogens is 372 g/mol. The Labute approximate surface area is 172 Å². The molecule has 3 unspecified atom stereocenters. The van der Waals surface area contributed by atoms with Crippen LogP contribution in [0.3, 0.4) is 0 Å². The minimum atomic E-state index is -0.751. The number of benzene rings is 1. The monoisotopic (exact) mass is 404 g/mol. The van der Waals surface area contributed by atoms with Gasteiger partial charge in [0.2, 0.25) is 5.79 Å². The van der Waals surface area contributed by atoms with Crippen molar-refractivity contribution in [3.63, 3.8) is 0 Å². The lowest BCUT2D eigenvalue weighted by Gasteiger charge is -2.60. The maximum absolute atomic E-state index is 6.40. The van der Waals surface area contributed by atoms with Gasteiger partial charge < -0.3 is 18.9 Å². The summed E-state index contributed by atoms with van der Waals surface area (Å²) in [5, 5.41) is 0. The Morgan fingerprint density at radius 1 is 1.00 bits per heavy atom. The average Bonchev–Trinajstić information content (AvgIpc) is 2.95. The fourth-order valence-corrected chi connectivity index (χ4v) is 5.90. The van der Waals surface area contributed by atoms with Gasteiger partial charge >= 0.3 is 0 Å². The molecule has 6 nitrogen and oxygen atoms in total. The van der Waals surface area contributed by atoms with Crippen molar-refractivity contribution >= 4 is 0 Å². The maximum atomic E-state index is 6.40. The number of para-hydroxylation sites is 1. The highest BCUT2D eigenvalue weighted by Gasteiger charge is 2.69. The Hall–Kier alpha value is -1.18. The highest BCUT2D eigenvalue weighted by atomic mass is 17.3. The molecule has 4 aliphatic heterocycles. The average molecular weight is 405 g/mol. The van der Waals surface area contributed by atoms with Gasteiger partial charge in [-0.2, -0.15) is 0 Å². The van der Waals surface area contributed by atoms with Gasteiger partial charge in [0, 0.05) is 18.3 Å². The van der Waals surface area contributed by atoms with Crippen molar-refractivity contribution in [1.29, 1.82) is 0 Å². The molecule has 1 aliphatic carbocycles. The van der Waals surface area contributed by atoms with Crippen molar-refractivity contribution in [3.8, 4) is 5.75 Å². The number of hydrogen-bond acceptors (Lipinski definition) is 6. The summed E-state index contributed by atoms with van der Waals surface area (Å²) in [5.74, 6) is 1.51. The van der Waals surface area contributed by atoms with Gasteiger partial charge in [0.25, 0.3) is 0 Å². The molecule has 0 amide bonds. The van der Waals surface area contributed by atoms with Crippen molar-refractivity contribution in [2.75, 3.05) is 13.2 Å². The Kier molecular flexibility index (Phi) is 5.11. The van der Waals surface area contributed by atoms with Crippen LogP contribution in [-0.2, 0) is 24.0 Å². The molecule has 1 saturated carbocycles. The maximum Gasteiger partial charge on any atom is 0.201 e. The van der Waals surface area contributed by atoms with Gasteiger partial charge in [0.1, 0.15) is 12.4 Å². The minimum absolute atomic E-state index is 0.188. The zero-order valence-electron chi connectivity index (χ0n) is 17.5. The fourth-order valence-electron chi connectivity index (χ4n) is 5.90. The van der Waals surface area contributed by atoms with E-state index in [2.05, 4.69) is 13.8 Å². The zero-order chi connectivity index (χ0) is 20.1. The van der Waals surface area contributed by atoms with E-state index in [9.17, 15) is 0 Å². The summed E-state index contributed by atoms with van der Waals surface area (Å²) >= 11 is 0. The molecule has 1 spiro atoms. The highest BCUT2D eigenvalue weighted by Crippen LogP contribution is 2.60. The first-order valence-electron chi connectivity index (χ1n) is 11.0. The SMILES string of the molecule is C[C@H]1C(OCCOc2ccccc2)O[C@@H]2O[C@@]3(C)CCC4[C@H](C)CCC1[C@]42OO3. The zero-order valence-corrected chi connectivity index (χ0v) is 17.5. The molecule has 29 heavy (non-hydrogen) atoms. The second kappa shape index (κ2) is 7.50. The molecule has 1 aromatic rings. The van der Waals surface area contributed by atoms with Crippen LogP contribution in [0.15, 0.2) is 30.3 Å². The van der Waals surface area contributed by atoms with E-state index in [0.29, 0.717) is 25.0 Å². The standard InChI is InChI=1S/C23H32O6/c1-15-9-10-19-16(2)20(25-14-13-24-17-7-5-4-6-8-17)26-21-23(19)18(15)11-12-22(3,27-21)28-29-23/h4-8,15-16,18-21H,9-14H2,1-3H3/t15-,16-,18?,19?,20?,21-,22-,23-/m1/s1. The molecule has 0 aromatic heterocycles. The van der Waals surface area contributed by atoms with Gasteiger partial charge in [-0.3, -0.25) is 0 Å². The predicted octanol–water partition coefficient (Wildman–Crippen LogP) is 4.29. The third-order valence-corrected chi connectivity index (χ3v) is 7.47. The van der Waals surface area contributed by atoms with Crippen LogP contribution in [0.4, 0.5) is 0 Å². The minimum Gasteiger partial charge on any atom is -0.491 e. The van der Waals surface area contributed by atoms with Crippen molar-refractivity contribution < 1.29 is 28.7 Å². The third kappa shape index (κ3) is 3.29. The van der Waals surface area contributed by atoms with Crippen LogP contribution in [0.2, 0.25) is 0 Å². The number of hydrogen-bond donors (Lipinski definition) is 0. The van der Waals surface area contributed by atoms with E-state index in [1.54, 1.807) is 0 Å². The van der Waals surface area contributed by atoms with E-state index in [-0.39, 0.29) is 18.1 Å². The van der Waals surface area contributed by atoms with Gasteiger partial charge in [0.05, 0.1) is 6.61 Å². The van der Waals surface area contributed by atoms with Crippen LogP contribution in [0, 0.1) is 23.7 Å². The van der Waals surface area contributed by atoms with E-state index < -0.39 is 17.7 Å². The largest absolute Gasteiger partial charge is 0.491 e. The summed E-state index contributed by atoms with van der Waals surface area (Å²) in [6.45, 7) is 7.42. The highest BCUT2D eigenvalue weighted by molar-refractivity contribution is 5.20. The molecule has 5 aliphatic rings. The van der Waals surface area contributed by atoms with Gasteiger partial charge in [-0.25, -0.2) is 9.78 Å². The summed E-state index contributed by atoms with van der Waals surface area (Å²) in [6, 6.07) is 9.79. The molecule has 0 radical (unpaired) electrons. The van der Waals surface area contributed by atoms with Crippen LogP contribution in [0.25, 0.3) is 0 Å². The lowest BCUT2D eigenvalue weighted by molar-refractivity contribution is -0.577. The number of fused-ring (bicyclic) bond motifs is 2. The molecule has 6 rings (SSSR count). The lowest BCUT2D eigenvalue weighted by atomic mass is 9.58. The topological polar surface area (TPSA) is 55.4 Å². The van der Waals surface area contributed by atoms with Crippen LogP contribution >= 0.6 is 0 Å². The molecule has 4 heterocycles. The molecule has 2 bridgehead atoms. The fraction of sp³-hybridized carbons (Fsp3) is 0.739. The second-order valence-corrected chi connectivity index (χ2v) is 9.31. The van der Waals surface area contributed by atoms with Crippen molar-refractivity contribution in [3.05, 3.63) is 30.3 Å². The van der Waals surface area contributed by atoms with Gasteiger partial charge in [-0.15, -0.1) is 0 Å². The Bertz CT molecular complexity index is 713. The van der Waals surface area contributed by atoms with E-state index >= 15 is 0 Å².